The molecule has 6 nitrogen and oxygen atoms in total. The number of rotatable bonds is 7. The lowest BCUT2D eigenvalue weighted by Crippen LogP contribution is -2.19. The molecule has 1 N–H and O–H groups in total. The highest BCUT2D eigenvalue weighted by Gasteiger charge is 2.25. The predicted octanol–water partition coefficient (Wildman–Crippen LogP) is 5.47. The number of anilines is 1. The molecule has 30 heavy (non-hydrogen) atoms. The van der Waals surface area contributed by atoms with Crippen LogP contribution in [0.4, 0.5) is 5.69 Å². The summed E-state index contributed by atoms with van der Waals surface area (Å²) in [6.45, 7) is 1.49. The molecule has 1 unspecified atom stereocenters. The van der Waals surface area contributed by atoms with Crippen molar-refractivity contribution in [2.24, 2.45) is 0 Å². The summed E-state index contributed by atoms with van der Waals surface area (Å²) >= 11 is 2.69. The first-order valence-electron chi connectivity index (χ1n) is 9.11. The van der Waals surface area contributed by atoms with Gasteiger partial charge in [-0.25, -0.2) is 0 Å². The zero-order valence-corrected chi connectivity index (χ0v) is 17.6. The van der Waals surface area contributed by atoms with Crippen LogP contribution in [0.3, 0.4) is 0 Å². The largest absolute Gasteiger partial charge is 0.410 e. The van der Waals surface area contributed by atoms with Crippen LogP contribution in [0.1, 0.15) is 28.1 Å². The first kappa shape index (κ1) is 20.1. The van der Waals surface area contributed by atoms with E-state index in [0.717, 1.165) is 10.4 Å². The van der Waals surface area contributed by atoms with E-state index in [1.165, 1.54) is 30.0 Å². The highest BCUT2D eigenvalue weighted by atomic mass is 32.2. The first-order chi connectivity index (χ1) is 14.6. The van der Waals surface area contributed by atoms with E-state index in [2.05, 4.69) is 15.5 Å². The third kappa shape index (κ3) is 4.67. The van der Waals surface area contributed by atoms with E-state index in [1.807, 2.05) is 47.8 Å². The Labute approximate surface area is 181 Å². The molecule has 0 saturated carbocycles. The van der Waals surface area contributed by atoms with Gasteiger partial charge < -0.3 is 9.73 Å². The fourth-order valence-electron chi connectivity index (χ4n) is 2.78. The number of hydrogen-bond donors (Lipinski definition) is 1. The van der Waals surface area contributed by atoms with Crippen molar-refractivity contribution in [3.8, 4) is 10.8 Å². The van der Waals surface area contributed by atoms with Gasteiger partial charge in [0.1, 0.15) is 5.25 Å². The summed E-state index contributed by atoms with van der Waals surface area (Å²) in [5.74, 6) is 0.115. The number of nitrogens with zero attached hydrogens (tertiary/aromatic N) is 2. The number of thiophene rings is 1. The topological polar surface area (TPSA) is 85.1 Å². The second-order valence-corrected chi connectivity index (χ2v) is 8.39. The molecule has 0 bridgehead atoms. The van der Waals surface area contributed by atoms with Gasteiger partial charge in [-0.1, -0.05) is 48.5 Å². The van der Waals surface area contributed by atoms with Crippen LogP contribution in [-0.4, -0.2) is 21.9 Å². The molecule has 1 atom stereocenters. The molecule has 0 aliphatic carbocycles. The van der Waals surface area contributed by atoms with Crippen molar-refractivity contribution in [1.82, 2.24) is 10.2 Å². The molecule has 0 fully saturated rings. The molecular formula is C22H17N3O3S2. The van der Waals surface area contributed by atoms with Gasteiger partial charge in [0, 0.05) is 11.3 Å². The molecule has 0 saturated heterocycles. The number of aromatic nitrogens is 2. The average Bonchev–Trinajstić information content (AvgIpc) is 3.44. The number of hydrogen-bond acceptors (Lipinski definition) is 7. The fourth-order valence-corrected chi connectivity index (χ4v) is 4.30. The molecule has 2 heterocycles. The third-order valence-corrected chi connectivity index (χ3v) is 6.18. The smallest absolute Gasteiger partial charge is 0.278 e. The quantitative estimate of drug-likeness (QED) is 0.306. The van der Waals surface area contributed by atoms with E-state index in [4.69, 9.17) is 4.42 Å². The molecule has 0 aliphatic rings. The average molecular weight is 436 g/mol. The van der Waals surface area contributed by atoms with Crippen LogP contribution < -0.4 is 5.32 Å². The second-order valence-electron chi connectivity index (χ2n) is 6.39. The highest BCUT2D eigenvalue weighted by molar-refractivity contribution is 8.00. The summed E-state index contributed by atoms with van der Waals surface area (Å²) in [5, 5.41) is 12.7. The zero-order valence-electron chi connectivity index (χ0n) is 15.9. The predicted molar refractivity (Wildman–Crippen MR) is 118 cm³/mol. The Hall–Kier alpha value is -3.23. The van der Waals surface area contributed by atoms with E-state index in [9.17, 15) is 9.59 Å². The van der Waals surface area contributed by atoms with Crippen LogP contribution >= 0.6 is 23.1 Å². The maximum atomic E-state index is 13.1. The van der Waals surface area contributed by atoms with E-state index >= 15 is 0 Å². The van der Waals surface area contributed by atoms with Crippen LogP contribution in [-0.2, 0) is 4.79 Å². The zero-order chi connectivity index (χ0) is 20.9. The maximum absolute atomic E-state index is 13.1. The first-order valence-corrected chi connectivity index (χ1v) is 10.9. The molecule has 4 rings (SSSR count). The Morgan fingerprint density at radius 1 is 1.03 bits per heavy atom. The van der Waals surface area contributed by atoms with Crippen LogP contribution in [0, 0.1) is 0 Å². The monoisotopic (exact) mass is 435 g/mol. The van der Waals surface area contributed by atoms with Gasteiger partial charge >= 0.3 is 0 Å². The standard InChI is InChI=1S/C22H17N3O3S2/c1-14(26)16-9-5-10-17(13-16)23-20(27)19(15-7-3-2-4-8-15)30-22-25-24-21(28-22)18-11-6-12-29-18/h2-13,19H,1H3,(H,23,27). The number of carbonyl (C=O) groups is 2. The lowest BCUT2D eigenvalue weighted by molar-refractivity contribution is -0.115. The molecule has 2 aromatic carbocycles. The van der Waals surface area contributed by atoms with Crippen molar-refractivity contribution in [2.75, 3.05) is 5.32 Å². The van der Waals surface area contributed by atoms with Gasteiger partial charge in [-0.15, -0.1) is 21.5 Å². The molecule has 8 heteroatoms. The van der Waals surface area contributed by atoms with Gasteiger partial charge in [0.15, 0.2) is 5.78 Å². The molecule has 2 aromatic heterocycles. The fraction of sp³-hybridized carbons (Fsp3) is 0.0909. The summed E-state index contributed by atoms with van der Waals surface area (Å²) in [4.78, 5) is 25.6. The van der Waals surface area contributed by atoms with Crippen molar-refractivity contribution in [3.63, 3.8) is 0 Å². The SMILES string of the molecule is CC(=O)c1cccc(NC(=O)C(Sc2nnc(-c3cccs3)o2)c2ccccc2)c1. The maximum Gasteiger partial charge on any atom is 0.278 e. The summed E-state index contributed by atoms with van der Waals surface area (Å²) < 4.78 is 5.76. The van der Waals surface area contributed by atoms with E-state index in [0.29, 0.717) is 22.4 Å². The minimum absolute atomic E-state index is 0.0629. The van der Waals surface area contributed by atoms with Gasteiger partial charge in [-0.05, 0) is 47.8 Å². The molecule has 1 amide bonds. The summed E-state index contributed by atoms with van der Waals surface area (Å²) in [6.07, 6.45) is 0. The van der Waals surface area contributed by atoms with Crippen LogP contribution in [0.5, 0.6) is 0 Å². The van der Waals surface area contributed by atoms with Crippen LogP contribution in [0.25, 0.3) is 10.8 Å². The van der Waals surface area contributed by atoms with Crippen molar-refractivity contribution < 1.29 is 14.0 Å². The number of ketones is 1. The number of Topliss-reactive ketones (excluding diaryl/α,β-unsaturated/α-hetero) is 1. The molecule has 4 aromatic rings. The van der Waals surface area contributed by atoms with Crippen molar-refractivity contribution in [1.29, 1.82) is 0 Å². The number of carbonyl (C=O) groups excluding carboxylic acids is 2. The molecule has 0 radical (unpaired) electrons. The van der Waals surface area contributed by atoms with E-state index in [-0.39, 0.29) is 11.7 Å². The molecule has 0 aliphatic heterocycles. The third-order valence-electron chi connectivity index (χ3n) is 4.23. The van der Waals surface area contributed by atoms with E-state index < -0.39 is 5.25 Å². The van der Waals surface area contributed by atoms with Gasteiger partial charge in [-0.2, -0.15) is 0 Å². The molecule has 0 spiro atoms. The Kier molecular flexibility index (Phi) is 6.06. The lowest BCUT2D eigenvalue weighted by Gasteiger charge is -2.15. The number of thioether (sulfide) groups is 1. The minimum atomic E-state index is -0.608. The van der Waals surface area contributed by atoms with Gasteiger partial charge in [-0.3, -0.25) is 9.59 Å². The van der Waals surface area contributed by atoms with Crippen molar-refractivity contribution >= 4 is 40.5 Å². The van der Waals surface area contributed by atoms with Crippen molar-refractivity contribution in [2.45, 2.75) is 17.4 Å². The highest BCUT2D eigenvalue weighted by Crippen LogP contribution is 2.37. The number of amides is 1. The number of benzene rings is 2. The Balaban J connectivity index is 1.58. The number of nitrogens with one attached hydrogen (secondary N) is 1. The van der Waals surface area contributed by atoms with Crippen LogP contribution in [0.15, 0.2) is 81.8 Å². The van der Waals surface area contributed by atoms with Gasteiger partial charge in [0.05, 0.1) is 4.88 Å². The molecule has 150 valence electrons. The Morgan fingerprint density at radius 2 is 1.87 bits per heavy atom. The van der Waals surface area contributed by atoms with Gasteiger partial charge in [0.2, 0.25) is 5.91 Å². The Morgan fingerprint density at radius 3 is 2.60 bits per heavy atom. The summed E-state index contributed by atoms with van der Waals surface area (Å²) in [7, 11) is 0. The summed E-state index contributed by atoms with van der Waals surface area (Å²) in [5.41, 5.74) is 1.90. The second kappa shape index (κ2) is 9.06. The molecular weight excluding hydrogens is 418 g/mol. The normalized spacial score (nSPS) is 11.8. The Bertz CT molecular complexity index is 1160. The van der Waals surface area contributed by atoms with Crippen molar-refractivity contribution in [3.05, 3.63) is 83.2 Å². The minimum Gasteiger partial charge on any atom is -0.410 e. The van der Waals surface area contributed by atoms with Crippen LogP contribution in [0.2, 0.25) is 0 Å². The van der Waals surface area contributed by atoms with E-state index in [1.54, 1.807) is 24.3 Å². The lowest BCUT2D eigenvalue weighted by atomic mass is 10.1. The summed E-state index contributed by atoms with van der Waals surface area (Å²) in [6, 6.07) is 20.1. The van der Waals surface area contributed by atoms with Gasteiger partial charge in [0.25, 0.3) is 11.1 Å².